The molecule has 6 nitrogen and oxygen atoms in total. The van der Waals surface area contributed by atoms with Gasteiger partial charge < -0.3 is 19.3 Å². The normalized spacial score (nSPS) is 40.2. The fourth-order valence-electron chi connectivity index (χ4n) is 5.70. The summed E-state index contributed by atoms with van der Waals surface area (Å²) in [6.07, 6.45) is 5.82. The molecule has 1 heterocycles. The molecule has 1 saturated heterocycles. The molecule has 0 aromatic carbocycles. The summed E-state index contributed by atoms with van der Waals surface area (Å²) in [7, 11) is 0. The first kappa shape index (κ1) is 20.8. The number of carbonyl (C=O) groups excluding carboxylic acids is 2. The third-order valence-electron chi connectivity index (χ3n) is 7.44. The van der Waals surface area contributed by atoms with Gasteiger partial charge in [-0.25, -0.2) is 0 Å². The van der Waals surface area contributed by atoms with Gasteiger partial charge in [0.05, 0.1) is 24.7 Å². The lowest BCUT2D eigenvalue weighted by molar-refractivity contribution is -0.165. The average molecular weight is 506 g/mol. The number of aliphatic hydroxyl groups is 1. The molecule has 7 heteroatoms. The van der Waals surface area contributed by atoms with E-state index >= 15 is 0 Å². The third kappa shape index (κ3) is 3.60. The molecule has 28 heavy (non-hydrogen) atoms. The van der Waals surface area contributed by atoms with Crippen molar-refractivity contribution in [3.63, 3.8) is 0 Å². The second-order valence-corrected chi connectivity index (χ2v) is 11.5. The summed E-state index contributed by atoms with van der Waals surface area (Å²) in [5.74, 6) is -1.03. The van der Waals surface area contributed by atoms with Gasteiger partial charge in [-0.2, -0.15) is 0 Å². The van der Waals surface area contributed by atoms with E-state index in [4.69, 9.17) is 14.2 Å². The number of aliphatic hydroxyl groups excluding tert-OH is 1. The first-order valence-corrected chi connectivity index (χ1v) is 11.8. The lowest BCUT2D eigenvalue weighted by Crippen LogP contribution is -2.47. The molecule has 0 spiro atoms. The highest BCUT2D eigenvalue weighted by Gasteiger charge is 2.69. The van der Waals surface area contributed by atoms with Crippen molar-refractivity contribution >= 4 is 34.5 Å². The van der Waals surface area contributed by atoms with E-state index in [0.717, 1.165) is 19.3 Å². The van der Waals surface area contributed by atoms with E-state index < -0.39 is 15.6 Å². The number of hydrogen-bond acceptors (Lipinski definition) is 6. The van der Waals surface area contributed by atoms with Crippen molar-refractivity contribution in [2.75, 3.05) is 6.61 Å². The molecule has 0 radical (unpaired) electrons. The van der Waals surface area contributed by atoms with Crippen LogP contribution >= 0.6 is 22.6 Å². The van der Waals surface area contributed by atoms with Gasteiger partial charge in [-0.15, -0.1) is 0 Å². The maximum atomic E-state index is 12.6. The van der Waals surface area contributed by atoms with Crippen LogP contribution in [0.3, 0.4) is 0 Å². The van der Waals surface area contributed by atoms with Crippen molar-refractivity contribution in [1.29, 1.82) is 0 Å². The van der Waals surface area contributed by atoms with Crippen LogP contribution in [-0.4, -0.2) is 51.5 Å². The Kier molecular flexibility index (Phi) is 5.97. The minimum Gasteiger partial charge on any atom is -0.458 e. The Balaban J connectivity index is 1.44. The Morgan fingerprint density at radius 3 is 2.71 bits per heavy atom. The first-order chi connectivity index (χ1) is 13.3. The zero-order chi connectivity index (χ0) is 20.1. The van der Waals surface area contributed by atoms with Crippen molar-refractivity contribution in [2.45, 2.75) is 86.6 Å². The molecule has 4 fully saturated rings. The lowest BCUT2D eigenvalue weighted by Gasteiger charge is -2.35. The molecule has 0 aromatic rings. The molecular weight excluding hydrogens is 475 g/mol. The second-order valence-electron chi connectivity index (χ2n) is 9.15. The largest absolute Gasteiger partial charge is 0.458 e. The van der Waals surface area contributed by atoms with E-state index in [9.17, 15) is 14.7 Å². The maximum absolute atomic E-state index is 12.6. The molecular formula is C21H31IO6. The highest BCUT2D eigenvalue weighted by molar-refractivity contribution is 14.1. The van der Waals surface area contributed by atoms with Crippen LogP contribution in [0.1, 0.15) is 58.8 Å². The highest BCUT2D eigenvalue weighted by Crippen LogP contribution is 2.59. The molecule has 4 rings (SSSR count). The fourth-order valence-corrected chi connectivity index (χ4v) is 5.82. The van der Waals surface area contributed by atoms with Crippen LogP contribution in [0, 0.1) is 23.7 Å². The molecule has 3 saturated carbocycles. The van der Waals surface area contributed by atoms with Crippen LogP contribution in [0.2, 0.25) is 0 Å². The SMILES string of the molecule is CCC(C)(I)C(=O)OC1C2CC3C1OC(=O)C3C2C(O)COC1CCCCC1. The van der Waals surface area contributed by atoms with Crippen LogP contribution in [-0.2, 0) is 23.8 Å². The topological polar surface area (TPSA) is 82.1 Å². The Morgan fingerprint density at radius 1 is 1.32 bits per heavy atom. The molecule has 1 N–H and O–H groups in total. The summed E-state index contributed by atoms with van der Waals surface area (Å²) in [5, 5.41) is 10.9. The Morgan fingerprint density at radius 2 is 2.04 bits per heavy atom. The van der Waals surface area contributed by atoms with Crippen LogP contribution in [0.5, 0.6) is 0 Å². The Bertz CT molecular complexity index is 616. The van der Waals surface area contributed by atoms with Crippen LogP contribution in [0.4, 0.5) is 0 Å². The third-order valence-corrected chi connectivity index (χ3v) is 8.64. The molecule has 0 amide bonds. The van der Waals surface area contributed by atoms with Gasteiger partial charge in [0, 0.05) is 17.8 Å². The number of fused-ring (bicyclic) bond motifs is 1. The summed E-state index contributed by atoms with van der Waals surface area (Å²) in [4.78, 5) is 25.1. The van der Waals surface area contributed by atoms with Gasteiger partial charge in [-0.3, -0.25) is 9.59 Å². The minimum atomic E-state index is -0.730. The number of rotatable bonds is 7. The summed E-state index contributed by atoms with van der Waals surface area (Å²) in [6, 6.07) is 0. The first-order valence-electron chi connectivity index (χ1n) is 10.7. The summed E-state index contributed by atoms with van der Waals surface area (Å²) in [5.41, 5.74) is 0. The van der Waals surface area contributed by atoms with E-state index in [1.165, 1.54) is 19.3 Å². The highest BCUT2D eigenvalue weighted by atomic mass is 127. The van der Waals surface area contributed by atoms with E-state index in [2.05, 4.69) is 22.6 Å². The van der Waals surface area contributed by atoms with E-state index in [1.54, 1.807) is 0 Å². The molecule has 2 bridgehead atoms. The number of alkyl halides is 1. The van der Waals surface area contributed by atoms with Crippen LogP contribution in [0.25, 0.3) is 0 Å². The zero-order valence-electron chi connectivity index (χ0n) is 16.6. The predicted octanol–water partition coefficient (Wildman–Crippen LogP) is 3.02. The van der Waals surface area contributed by atoms with Crippen molar-refractivity contribution in [3.05, 3.63) is 0 Å². The standard InChI is InChI=1S/C21H31IO6/c1-3-21(2,22)20(25)28-18-12-9-13-16(19(24)27-17(13)18)15(12)14(23)10-26-11-7-5-4-6-8-11/h11-18,23H,3-10H2,1-2H3. The minimum absolute atomic E-state index is 0.0376. The van der Waals surface area contributed by atoms with Gasteiger partial charge in [-0.1, -0.05) is 48.8 Å². The Hall–Kier alpha value is -0.410. The quantitative estimate of drug-likeness (QED) is 0.325. The molecule has 0 aromatic heterocycles. The van der Waals surface area contributed by atoms with Crippen molar-refractivity contribution < 1.29 is 28.9 Å². The number of ether oxygens (including phenoxy) is 3. The predicted molar refractivity (Wildman–Crippen MR) is 110 cm³/mol. The van der Waals surface area contributed by atoms with Gasteiger partial charge in [-0.05, 0) is 32.6 Å². The van der Waals surface area contributed by atoms with Gasteiger partial charge in [0.1, 0.15) is 15.6 Å². The molecule has 8 atom stereocenters. The van der Waals surface area contributed by atoms with Gasteiger partial charge >= 0.3 is 11.9 Å². The average Bonchev–Trinajstić information content (AvgIpc) is 3.30. The van der Waals surface area contributed by atoms with E-state index in [0.29, 0.717) is 6.42 Å². The van der Waals surface area contributed by atoms with Gasteiger partial charge in [0.15, 0.2) is 0 Å². The Labute approximate surface area is 180 Å². The molecule has 1 aliphatic heterocycles. The lowest BCUT2D eigenvalue weighted by atomic mass is 9.75. The monoisotopic (exact) mass is 506 g/mol. The maximum Gasteiger partial charge on any atom is 0.322 e. The van der Waals surface area contributed by atoms with Gasteiger partial charge in [0.2, 0.25) is 0 Å². The summed E-state index contributed by atoms with van der Waals surface area (Å²) < 4.78 is 16.9. The van der Waals surface area contributed by atoms with Crippen LogP contribution < -0.4 is 0 Å². The van der Waals surface area contributed by atoms with Crippen molar-refractivity contribution in [1.82, 2.24) is 0 Å². The van der Waals surface area contributed by atoms with Gasteiger partial charge in [0.25, 0.3) is 0 Å². The van der Waals surface area contributed by atoms with Crippen molar-refractivity contribution in [3.8, 4) is 0 Å². The number of carbonyl (C=O) groups is 2. The smallest absolute Gasteiger partial charge is 0.322 e. The van der Waals surface area contributed by atoms with E-state index in [-0.39, 0.29) is 54.4 Å². The molecule has 8 unspecified atom stereocenters. The molecule has 158 valence electrons. The number of halogens is 1. The molecule has 3 aliphatic carbocycles. The van der Waals surface area contributed by atoms with Crippen LogP contribution in [0.15, 0.2) is 0 Å². The summed E-state index contributed by atoms with van der Waals surface area (Å²) in [6.45, 7) is 4.05. The zero-order valence-corrected chi connectivity index (χ0v) is 18.8. The van der Waals surface area contributed by atoms with E-state index in [1.807, 2.05) is 13.8 Å². The molecule has 4 aliphatic rings. The number of hydrogen-bond donors (Lipinski definition) is 1. The second kappa shape index (κ2) is 8.02. The van der Waals surface area contributed by atoms with Crippen molar-refractivity contribution in [2.24, 2.45) is 23.7 Å². The summed E-state index contributed by atoms with van der Waals surface area (Å²) >= 11 is 2.12. The fraction of sp³-hybridized carbons (Fsp3) is 0.905. The number of esters is 2.